The minimum atomic E-state index is 0.262. The maximum atomic E-state index is 10.8. The molecule has 0 fully saturated rings. The van der Waals surface area contributed by atoms with Crippen molar-refractivity contribution in [2.75, 3.05) is 0 Å². The Balaban J connectivity index is 2.04. The Labute approximate surface area is 88.5 Å². The number of hydrogen-bond acceptors (Lipinski definition) is 2. The predicted octanol–water partition coefficient (Wildman–Crippen LogP) is 2.47. The van der Waals surface area contributed by atoms with Gasteiger partial charge in [0.2, 0.25) is 0 Å². The summed E-state index contributed by atoms with van der Waals surface area (Å²) in [6, 6.07) is 6.18. The van der Waals surface area contributed by atoms with Gasteiger partial charge in [0.15, 0.2) is 0 Å². The van der Waals surface area contributed by atoms with E-state index < -0.39 is 0 Å². The Morgan fingerprint density at radius 3 is 3.13 bits per heavy atom. The van der Waals surface area contributed by atoms with Gasteiger partial charge in [0, 0.05) is 6.42 Å². The summed E-state index contributed by atoms with van der Waals surface area (Å²) in [6.07, 6.45) is 4.24. The first-order valence-electron chi connectivity index (χ1n) is 5.17. The Morgan fingerprint density at radius 1 is 1.47 bits per heavy atom. The van der Waals surface area contributed by atoms with Crippen LogP contribution in [-0.4, -0.2) is 15.8 Å². The van der Waals surface area contributed by atoms with Crippen molar-refractivity contribution in [3.63, 3.8) is 0 Å². The second kappa shape index (κ2) is 4.26. The van der Waals surface area contributed by atoms with Crippen molar-refractivity contribution in [2.24, 2.45) is 0 Å². The zero-order chi connectivity index (χ0) is 10.7. The number of H-pyrrole nitrogens is 1. The van der Waals surface area contributed by atoms with Gasteiger partial charge in [0.25, 0.3) is 0 Å². The number of aromatic nitrogens is 2. The molecule has 0 aliphatic rings. The summed E-state index contributed by atoms with van der Waals surface area (Å²) in [4.78, 5) is 18.0. The average Bonchev–Trinajstić information content (AvgIpc) is 2.64. The normalized spacial score (nSPS) is 10.7. The third kappa shape index (κ3) is 2.43. The zero-order valence-corrected chi connectivity index (χ0v) is 8.79. The van der Waals surface area contributed by atoms with Gasteiger partial charge in [-0.3, -0.25) is 0 Å². The van der Waals surface area contributed by atoms with Crippen LogP contribution in [0.4, 0.5) is 0 Å². The average molecular weight is 202 g/mol. The molecule has 0 spiro atoms. The number of aromatic amines is 1. The molecule has 2 rings (SSSR count). The van der Waals surface area contributed by atoms with Crippen LogP contribution >= 0.6 is 0 Å². The van der Waals surface area contributed by atoms with Gasteiger partial charge in [-0.1, -0.05) is 6.07 Å². The number of hydrogen-bond donors (Lipinski definition) is 1. The molecule has 0 saturated carbocycles. The molecule has 0 atom stereocenters. The lowest BCUT2D eigenvalue weighted by atomic mass is 10.1. The highest BCUT2D eigenvalue weighted by Crippen LogP contribution is 2.13. The van der Waals surface area contributed by atoms with Crippen LogP contribution in [0.5, 0.6) is 0 Å². The highest BCUT2D eigenvalue weighted by Gasteiger charge is 1.99. The Morgan fingerprint density at radius 2 is 2.33 bits per heavy atom. The standard InChI is InChI=1S/C12H14N2O/c1-9(15)3-2-4-10-5-6-11-12(7-10)14-8-13-11/h5-8H,2-4H2,1H3,(H,13,14). The number of nitrogens with one attached hydrogen (secondary N) is 1. The van der Waals surface area contributed by atoms with E-state index in [1.54, 1.807) is 13.3 Å². The molecule has 1 aromatic carbocycles. The molecule has 2 aromatic rings. The fourth-order valence-corrected chi connectivity index (χ4v) is 1.68. The van der Waals surface area contributed by atoms with Crippen LogP contribution in [0, 0.1) is 0 Å². The van der Waals surface area contributed by atoms with E-state index in [1.165, 1.54) is 5.56 Å². The Bertz CT molecular complexity index is 473. The van der Waals surface area contributed by atoms with Gasteiger partial charge < -0.3 is 9.78 Å². The summed E-state index contributed by atoms with van der Waals surface area (Å²) in [5, 5.41) is 0. The summed E-state index contributed by atoms with van der Waals surface area (Å²) in [7, 11) is 0. The van der Waals surface area contributed by atoms with Crippen molar-refractivity contribution in [3.8, 4) is 0 Å². The first-order valence-corrected chi connectivity index (χ1v) is 5.17. The first-order chi connectivity index (χ1) is 7.25. The van der Waals surface area contributed by atoms with Gasteiger partial charge in [-0.05, 0) is 37.5 Å². The minimum Gasteiger partial charge on any atom is -0.345 e. The molecule has 0 aliphatic heterocycles. The molecule has 1 heterocycles. The van der Waals surface area contributed by atoms with E-state index in [-0.39, 0.29) is 5.78 Å². The van der Waals surface area contributed by atoms with Crippen molar-refractivity contribution in [3.05, 3.63) is 30.1 Å². The number of benzene rings is 1. The van der Waals surface area contributed by atoms with E-state index in [0.29, 0.717) is 6.42 Å². The van der Waals surface area contributed by atoms with Crippen LogP contribution < -0.4 is 0 Å². The van der Waals surface area contributed by atoms with E-state index in [9.17, 15) is 4.79 Å². The lowest BCUT2D eigenvalue weighted by Crippen LogP contribution is -1.92. The van der Waals surface area contributed by atoms with Gasteiger partial charge in [-0.2, -0.15) is 0 Å². The molecule has 0 saturated heterocycles. The lowest BCUT2D eigenvalue weighted by molar-refractivity contribution is -0.117. The van der Waals surface area contributed by atoms with Gasteiger partial charge >= 0.3 is 0 Å². The fraction of sp³-hybridized carbons (Fsp3) is 0.333. The second-order valence-electron chi connectivity index (χ2n) is 3.81. The second-order valence-corrected chi connectivity index (χ2v) is 3.81. The third-order valence-corrected chi connectivity index (χ3v) is 2.48. The van der Waals surface area contributed by atoms with Crippen LogP contribution in [0.2, 0.25) is 0 Å². The fourth-order valence-electron chi connectivity index (χ4n) is 1.68. The largest absolute Gasteiger partial charge is 0.345 e. The van der Waals surface area contributed by atoms with Gasteiger partial charge in [-0.25, -0.2) is 4.98 Å². The van der Waals surface area contributed by atoms with E-state index >= 15 is 0 Å². The van der Waals surface area contributed by atoms with Crippen molar-refractivity contribution >= 4 is 16.8 Å². The van der Waals surface area contributed by atoms with Crippen LogP contribution in [0.3, 0.4) is 0 Å². The van der Waals surface area contributed by atoms with Gasteiger partial charge in [0.05, 0.1) is 17.4 Å². The summed E-state index contributed by atoms with van der Waals surface area (Å²) in [6.45, 7) is 1.64. The summed E-state index contributed by atoms with van der Waals surface area (Å²) in [5.41, 5.74) is 3.31. The van der Waals surface area contributed by atoms with E-state index in [4.69, 9.17) is 0 Å². The van der Waals surface area contributed by atoms with Gasteiger partial charge in [-0.15, -0.1) is 0 Å². The van der Waals surface area contributed by atoms with Crippen LogP contribution in [0.1, 0.15) is 25.3 Å². The molecule has 0 aliphatic carbocycles. The Kier molecular flexibility index (Phi) is 2.81. The smallest absolute Gasteiger partial charge is 0.129 e. The summed E-state index contributed by atoms with van der Waals surface area (Å²) < 4.78 is 0. The number of carbonyl (C=O) groups excluding carboxylic acids is 1. The molecule has 0 unspecified atom stereocenters. The number of Topliss-reactive ketones (excluding diaryl/α,β-unsaturated/α-hetero) is 1. The number of fused-ring (bicyclic) bond motifs is 1. The number of nitrogens with zero attached hydrogens (tertiary/aromatic N) is 1. The van der Waals surface area contributed by atoms with Crippen LogP contribution in [0.15, 0.2) is 24.5 Å². The van der Waals surface area contributed by atoms with E-state index in [2.05, 4.69) is 22.1 Å². The molecule has 0 bridgehead atoms. The number of aryl methyl sites for hydroxylation is 1. The minimum absolute atomic E-state index is 0.262. The number of carbonyl (C=O) groups is 1. The zero-order valence-electron chi connectivity index (χ0n) is 8.79. The third-order valence-electron chi connectivity index (χ3n) is 2.48. The lowest BCUT2D eigenvalue weighted by Gasteiger charge is -1.99. The molecule has 1 N–H and O–H groups in total. The summed E-state index contributed by atoms with van der Waals surface area (Å²) >= 11 is 0. The van der Waals surface area contributed by atoms with Crippen molar-refractivity contribution < 1.29 is 4.79 Å². The van der Waals surface area contributed by atoms with Crippen LogP contribution in [0.25, 0.3) is 11.0 Å². The van der Waals surface area contributed by atoms with Crippen molar-refractivity contribution in [1.29, 1.82) is 0 Å². The highest BCUT2D eigenvalue weighted by molar-refractivity contribution is 5.76. The highest BCUT2D eigenvalue weighted by atomic mass is 16.1. The molecule has 0 amide bonds. The molecule has 78 valence electrons. The molecule has 15 heavy (non-hydrogen) atoms. The summed E-state index contributed by atoms with van der Waals surface area (Å²) in [5.74, 6) is 0.262. The maximum absolute atomic E-state index is 10.8. The monoisotopic (exact) mass is 202 g/mol. The van der Waals surface area contributed by atoms with Crippen molar-refractivity contribution in [2.45, 2.75) is 26.2 Å². The first kappa shape index (κ1) is 9.90. The van der Waals surface area contributed by atoms with Gasteiger partial charge in [0.1, 0.15) is 5.78 Å². The molecule has 3 nitrogen and oxygen atoms in total. The molecule has 3 heteroatoms. The molecule has 1 aromatic heterocycles. The predicted molar refractivity (Wildman–Crippen MR) is 59.7 cm³/mol. The van der Waals surface area contributed by atoms with E-state index in [1.807, 2.05) is 6.07 Å². The Hall–Kier alpha value is -1.64. The number of rotatable bonds is 4. The topological polar surface area (TPSA) is 45.8 Å². The molecular weight excluding hydrogens is 188 g/mol. The van der Waals surface area contributed by atoms with E-state index in [0.717, 1.165) is 23.9 Å². The quantitative estimate of drug-likeness (QED) is 0.827. The number of ketones is 1. The molecule has 0 radical (unpaired) electrons. The van der Waals surface area contributed by atoms with Crippen LogP contribution in [-0.2, 0) is 11.2 Å². The SMILES string of the molecule is CC(=O)CCCc1ccc2nc[nH]c2c1. The maximum Gasteiger partial charge on any atom is 0.129 e. The number of imidazole rings is 1. The molecular formula is C12H14N2O. The van der Waals surface area contributed by atoms with Crippen molar-refractivity contribution in [1.82, 2.24) is 9.97 Å².